The predicted octanol–water partition coefficient (Wildman–Crippen LogP) is 2.67. The third kappa shape index (κ3) is 5.33. The molecule has 188 valence electrons. The van der Waals surface area contributed by atoms with Gasteiger partial charge in [-0.3, -0.25) is 9.59 Å². The van der Waals surface area contributed by atoms with Crippen LogP contribution in [0.15, 0.2) is 55.2 Å². The van der Waals surface area contributed by atoms with Crippen molar-refractivity contribution in [2.45, 2.75) is 26.0 Å². The molecule has 2 amide bonds. The Morgan fingerprint density at radius 1 is 1.25 bits per heavy atom. The standard InChI is InChI=1S/C26H28FN5O4/c1-16-12-32(17(2)14-33)26(35)22-8-19(20-9-28-15-29-10-20)11-30-24(22)36-23(16)13-31(3)25(34)18-5-4-6-21(27)7-18/h4-11,15-17,23,33H,12-14H2,1-3H3/t16-,17+,23+/m1/s1. The minimum Gasteiger partial charge on any atom is -0.472 e. The van der Waals surface area contributed by atoms with Crippen LogP contribution < -0.4 is 4.74 Å². The molecule has 9 nitrogen and oxygen atoms in total. The normalized spacial score (nSPS) is 18.5. The molecular formula is C26H28FN5O4. The second kappa shape index (κ2) is 10.8. The number of benzene rings is 1. The Hall–Kier alpha value is -3.92. The smallest absolute Gasteiger partial charge is 0.259 e. The molecule has 0 bridgehead atoms. The van der Waals surface area contributed by atoms with Crippen LogP contribution in [0.1, 0.15) is 34.6 Å². The number of hydrogen-bond acceptors (Lipinski definition) is 7. The number of amides is 2. The number of hydrogen-bond donors (Lipinski definition) is 1. The highest BCUT2D eigenvalue weighted by Crippen LogP contribution is 2.30. The number of likely N-dealkylation sites (N-methyl/N-ethyl adjacent to an activating group) is 1. The average Bonchev–Trinajstić information content (AvgIpc) is 2.90. The Labute approximate surface area is 208 Å². The van der Waals surface area contributed by atoms with Crippen LogP contribution in [-0.2, 0) is 0 Å². The molecule has 0 aliphatic carbocycles. The van der Waals surface area contributed by atoms with E-state index in [1.807, 2.05) is 6.92 Å². The summed E-state index contributed by atoms with van der Waals surface area (Å²) in [6.45, 7) is 3.95. The highest BCUT2D eigenvalue weighted by atomic mass is 19.1. The summed E-state index contributed by atoms with van der Waals surface area (Å²) < 4.78 is 19.9. The maximum absolute atomic E-state index is 13.7. The molecule has 2 aromatic heterocycles. The van der Waals surface area contributed by atoms with Gasteiger partial charge in [-0.15, -0.1) is 0 Å². The monoisotopic (exact) mass is 493 g/mol. The first kappa shape index (κ1) is 25.2. The van der Waals surface area contributed by atoms with E-state index in [9.17, 15) is 19.1 Å². The molecule has 0 spiro atoms. The predicted molar refractivity (Wildman–Crippen MR) is 130 cm³/mol. The summed E-state index contributed by atoms with van der Waals surface area (Å²) in [5.74, 6) is -1.22. The van der Waals surface area contributed by atoms with Gasteiger partial charge in [-0.2, -0.15) is 0 Å². The highest BCUT2D eigenvalue weighted by Gasteiger charge is 2.35. The van der Waals surface area contributed by atoms with E-state index in [-0.39, 0.29) is 47.9 Å². The number of carbonyl (C=O) groups excluding carboxylic acids is 2. The third-order valence-electron chi connectivity index (χ3n) is 6.29. The van der Waals surface area contributed by atoms with Crippen molar-refractivity contribution in [3.8, 4) is 17.0 Å². The number of rotatable bonds is 6. The van der Waals surface area contributed by atoms with Crippen LogP contribution in [0.3, 0.4) is 0 Å². The Morgan fingerprint density at radius 2 is 2.00 bits per heavy atom. The molecule has 0 radical (unpaired) electrons. The number of aliphatic hydroxyl groups is 1. The first-order valence-corrected chi connectivity index (χ1v) is 11.6. The number of carbonyl (C=O) groups is 2. The number of aliphatic hydroxyl groups excluding tert-OH is 1. The number of aromatic nitrogens is 3. The van der Waals surface area contributed by atoms with E-state index in [4.69, 9.17) is 4.74 Å². The van der Waals surface area contributed by atoms with Crippen molar-refractivity contribution >= 4 is 11.8 Å². The van der Waals surface area contributed by atoms with Crippen molar-refractivity contribution in [3.63, 3.8) is 0 Å². The average molecular weight is 494 g/mol. The number of halogens is 1. The zero-order valence-corrected chi connectivity index (χ0v) is 20.3. The summed E-state index contributed by atoms with van der Waals surface area (Å²) in [6.07, 6.45) is 5.71. The first-order chi connectivity index (χ1) is 17.3. The Morgan fingerprint density at radius 3 is 2.69 bits per heavy atom. The van der Waals surface area contributed by atoms with Crippen LogP contribution in [0.4, 0.5) is 4.39 Å². The van der Waals surface area contributed by atoms with E-state index in [2.05, 4.69) is 15.0 Å². The minimum absolute atomic E-state index is 0.138. The molecule has 0 saturated carbocycles. The van der Waals surface area contributed by atoms with Gasteiger partial charge in [-0.25, -0.2) is 19.3 Å². The van der Waals surface area contributed by atoms with Gasteiger partial charge in [-0.1, -0.05) is 13.0 Å². The van der Waals surface area contributed by atoms with Crippen molar-refractivity contribution in [2.75, 3.05) is 26.7 Å². The van der Waals surface area contributed by atoms with Crippen LogP contribution in [0.5, 0.6) is 5.88 Å². The topological polar surface area (TPSA) is 109 Å². The van der Waals surface area contributed by atoms with Gasteiger partial charge in [0.25, 0.3) is 11.8 Å². The summed E-state index contributed by atoms with van der Waals surface area (Å²) in [5.41, 5.74) is 1.81. The van der Waals surface area contributed by atoms with Gasteiger partial charge in [-0.05, 0) is 31.2 Å². The molecule has 1 aromatic carbocycles. The van der Waals surface area contributed by atoms with Crippen LogP contribution in [0.2, 0.25) is 0 Å². The molecule has 0 fully saturated rings. The second-order valence-corrected chi connectivity index (χ2v) is 9.02. The van der Waals surface area contributed by atoms with E-state index in [0.29, 0.717) is 17.7 Å². The lowest BCUT2D eigenvalue weighted by Crippen LogP contribution is -2.50. The largest absolute Gasteiger partial charge is 0.472 e. The quantitative estimate of drug-likeness (QED) is 0.562. The first-order valence-electron chi connectivity index (χ1n) is 11.6. The molecule has 3 atom stereocenters. The lowest BCUT2D eigenvalue weighted by Gasteiger charge is -2.37. The number of fused-ring (bicyclic) bond motifs is 1. The van der Waals surface area contributed by atoms with E-state index in [1.54, 1.807) is 49.6 Å². The van der Waals surface area contributed by atoms with E-state index in [0.717, 1.165) is 0 Å². The molecule has 3 aromatic rings. The molecule has 1 aliphatic rings. The molecule has 0 saturated heterocycles. The van der Waals surface area contributed by atoms with Crippen molar-refractivity contribution in [1.29, 1.82) is 0 Å². The van der Waals surface area contributed by atoms with Crippen LogP contribution in [0, 0.1) is 11.7 Å². The molecule has 1 aliphatic heterocycles. The van der Waals surface area contributed by atoms with Gasteiger partial charge in [0.15, 0.2) is 0 Å². The highest BCUT2D eigenvalue weighted by molar-refractivity contribution is 5.98. The molecule has 4 rings (SSSR count). The lowest BCUT2D eigenvalue weighted by atomic mass is 9.99. The maximum Gasteiger partial charge on any atom is 0.259 e. The molecule has 0 unspecified atom stereocenters. The summed E-state index contributed by atoms with van der Waals surface area (Å²) in [6, 6.07) is 6.75. The zero-order chi connectivity index (χ0) is 25.8. The SMILES string of the molecule is C[C@@H]1CN([C@@H](C)CO)C(=O)c2cc(-c3cncnc3)cnc2O[C@H]1CN(C)C(=O)c1cccc(F)c1. The summed E-state index contributed by atoms with van der Waals surface area (Å²) >= 11 is 0. The van der Waals surface area contributed by atoms with Crippen LogP contribution in [0.25, 0.3) is 11.1 Å². The van der Waals surface area contributed by atoms with Gasteiger partial charge in [0, 0.05) is 54.8 Å². The zero-order valence-electron chi connectivity index (χ0n) is 20.3. The maximum atomic E-state index is 13.7. The molecular weight excluding hydrogens is 465 g/mol. The van der Waals surface area contributed by atoms with E-state index >= 15 is 0 Å². The van der Waals surface area contributed by atoms with Gasteiger partial charge < -0.3 is 19.6 Å². The lowest BCUT2D eigenvalue weighted by molar-refractivity contribution is 0.0313. The van der Waals surface area contributed by atoms with Crippen molar-refractivity contribution in [3.05, 3.63) is 72.2 Å². The Bertz CT molecular complexity index is 1240. The summed E-state index contributed by atoms with van der Waals surface area (Å²) in [5, 5.41) is 9.83. The summed E-state index contributed by atoms with van der Waals surface area (Å²) in [4.78, 5) is 42.0. The fraction of sp³-hybridized carbons (Fsp3) is 0.346. The van der Waals surface area contributed by atoms with Crippen LogP contribution in [-0.4, -0.2) is 80.6 Å². The van der Waals surface area contributed by atoms with Crippen molar-refractivity contribution < 1.29 is 23.8 Å². The van der Waals surface area contributed by atoms with Gasteiger partial charge in [0.2, 0.25) is 5.88 Å². The fourth-order valence-corrected chi connectivity index (χ4v) is 4.12. The summed E-state index contributed by atoms with van der Waals surface area (Å²) in [7, 11) is 1.62. The second-order valence-electron chi connectivity index (χ2n) is 9.02. The Balaban J connectivity index is 1.67. The molecule has 36 heavy (non-hydrogen) atoms. The van der Waals surface area contributed by atoms with E-state index < -0.39 is 18.0 Å². The molecule has 10 heteroatoms. The molecule has 3 heterocycles. The number of pyridine rings is 1. The van der Waals surface area contributed by atoms with Gasteiger partial charge in [0.05, 0.1) is 19.2 Å². The van der Waals surface area contributed by atoms with Crippen molar-refractivity contribution in [2.24, 2.45) is 5.92 Å². The third-order valence-corrected chi connectivity index (χ3v) is 6.29. The van der Waals surface area contributed by atoms with E-state index in [1.165, 1.54) is 29.4 Å². The van der Waals surface area contributed by atoms with Crippen LogP contribution >= 0.6 is 0 Å². The fourth-order valence-electron chi connectivity index (χ4n) is 4.12. The molecule has 1 N–H and O–H groups in total. The van der Waals surface area contributed by atoms with Gasteiger partial charge >= 0.3 is 0 Å². The van der Waals surface area contributed by atoms with Gasteiger partial charge in [0.1, 0.15) is 23.8 Å². The van der Waals surface area contributed by atoms with Crippen molar-refractivity contribution in [1.82, 2.24) is 24.8 Å². The number of nitrogens with zero attached hydrogens (tertiary/aromatic N) is 5. The minimum atomic E-state index is -0.522. The number of ether oxygens (including phenoxy) is 1. The Kier molecular flexibility index (Phi) is 7.54.